The maximum absolute atomic E-state index is 13.9. The highest BCUT2D eigenvalue weighted by molar-refractivity contribution is 6.07. The maximum Gasteiger partial charge on any atom is 0.471 e. The second-order valence-electron chi connectivity index (χ2n) is 9.21. The van der Waals surface area contributed by atoms with Gasteiger partial charge in [0.15, 0.2) is 17.3 Å². The largest absolute Gasteiger partial charge is 0.504 e. The zero-order valence-electron chi connectivity index (χ0n) is 19.0. The molecule has 2 N–H and O–H groups in total. The molecule has 0 saturated heterocycles. The van der Waals surface area contributed by atoms with E-state index in [9.17, 15) is 27.9 Å². The van der Waals surface area contributed by atoms with Crippen LogP contribution in [0.15, 0.2) is 53.7 Å². The van der Waals surface area contributed by atoms with Gasteiger partial charge in [-0.1, -0.05) is 32.0 Å². The van der Waals surface area contributed by atoms with Crippen LogP contribution in [-0.2, 0) is 9.59 Å². The fraction of sp³-hybridized carbons (Fsp3) is 0.360. The monoisotopic (exact) mass is 474 g/mol. The lowest BCUT2D eigenvalue weighted by molar-refractivity contribution is -0.170. The highest BCUT2D eigenvalue weighted by atomic mass is 19.4. The number of carbonyl (C=O) groups excluding carboxylic acids is 2. The number of anilines is 2. The lowest BCUT2D eigenvalue weighted by Crippen LogP contribution is -2.45. The van der Waals surface area contributed by atoms with Crippen molar-refractivity contribution >= 4 is 23.1 Å². The number of amides is 1. The number of ether oxygens (including phenoxy) is 1. The molecule has 1 aliphatic carbocycles. The highest BCUT2D eigenvalue weighted by Crippen LogP contribution is 2.49. The van der Waals surface area contributed by atoms with Crippen molar-refractivity contribution in [3.05, 3.63) is 59.3 Å². The average molecular weight is 474 g/mol. The van der Waals surface area contributed by atoms with E-state index in [2.05, 4.69) is 5.32 Å². The molecule has 1 aliphatic heterocycles. The summed E-state index contributed by atoms with van der Waals surface area (Å²) >= 11 is 0. The van der Waals surface area contributed by atoms with Gasteiger partial charge in [0.1, 0.15) is 0 Å². The summed E-state index contributed by atoms with van der Waals surface area (Å²) in [6.45, 7) is 5.73. The second-order valence-corrected chi connectivity index (χ2v) is 9.21. The van der Waals surface area contributed by atoms with Gasteiger partial charge < -0.3 is 15.2 Å². The van der Waals surface area contributed by atoms with Crippen molar-refractivity contribution in [3.63, 3.8) is 0 Å². The first-order valence-electron chi connectivity index (χ1n) is 10.9. The van der Waals surface area contributed by atoms with Gasteiger partial charge in [-0.2, -0.15) is 13.2 Å². The number of hydrogen-bond donors (Lipinski definition) is 2. The minimum absolute atomic E-state index is 0.000802. The number of phenolic OH excluding ortho intramolecular Hbond substituents is 1. The van der Waals surface area contributed by atoms with Crippen LogP contribution < -0.4 is 15.0 Å². The molecule has 0 radical (unpaired) electrons. The molecule has 180 valence electrons. The van der Waals surface area contributed by atoms with E-state index in [0.717, 1.165) is 0 Å². The number of nitrogens with zero attached hydrogens (tertiary/aromatic N) is 1. The van der Waals surface area contributed by atoms with Gasteiger partial charge in [0, 0.05) is 17.7 Å². The van der Waals surface area contributed by atoms with Gasteiger partial charge in [-0.05, 0) is 48.6 Å². The first-order valence-corrected chi connectivity index (χ1v) is 10.9. The lowest BCUT2D eigenvalue weighted by Gasteiger charge is -2.37. The average Bonchev–Trinajstić information content (AvgIpc) is 2.87. The van der Waals surface area contributed by atoms with Gasteiger partial charge >= 0.3 is 12.1 Å². The van der Waals surface area contributed by atoms with Crippen LogP contribution in [0.5, 0.6) is 11.5 Å². The lowest BCUT2D eigenvalue weighted by atomic mass is 9.73. The normalized spacial score (nSPS) is 19.6. The minimum Gasteiger partial charge on any atom is -0.504 e. The Kier molecular flexibility index (Phi) is 5.83. The standard InChI is InChI=1S/C25H25F3N2O4/c1-4-34-20-11-14(9-10-18(20)31)22-21-16(12-24(2,3)13-19(21)32)29-15-7-5-6-8-17(15)30(22)23(33)25(26,27)28/h5-11,22,29,31H,4,12-13H2,1-3H3/t22-/m0/s1. The molecule has 34 heavy (non-hydrogen) atoms. The number of ketones is 1. The summed E-state index contributed by atoms with van der Waals surface area (Å²) in [5.41, 5.74) is 0.670. The molecule has 1 atom stereocenters. The van der Waals surface area contributed by atoms with Crippen LogP contribution in [0.1, 0.15) is 45.2 Å². The van der Waals surface area contributed by atoms with Gasteiger partial charge in [-0.25, -0.2) is 0 Å². The summed E-state index contributed by atoms with van der Waals surface area (Å²) in [6, 6.07) is 8.88. The number of benzene rings is 2. The number of fused-ring (bicyclic) bond motifs is 1. The van der Waals surface area contributed by atoms with E-state index in [4.69, 9.17) is 4.74 Å². The molecule has 1 amide bonds. The first-order chi connectivity index (χ1) is 15.9. The zero-order valence-corrected chi connectivity index (χ0v) is 19.0. The third-order valence-electron chi connectivity index (χ3n) is 5.96. The van der Waals surface area contributed by atoms with Crippen molar-refractivity contribution in [2.24, 2.45) is 5.41 Å². The Morgan fingerprint density at radius 2 is 1.91 bits per heavy atom. The van der Waals surface area contributed by atoms with Gasteiger partial charge in [-0.3, -0.25) is 14.5 Å². The molecule has 0 fully saturated rings. The molecule has 6 nitrogen and oxygen atoms in total. The Balaban J connectivity index is 2.04. The number of Topliss-reactive ketones (excluding diaryl/α,β-unsaturated/α-hetero) is 1. The quantitative estimate of drug-likeness (QED) is 0.615. The SMILES string of the molecule is CCOc1cc([C@H]2C3=C(CC(C)(C)CC3=O)Nc3ccccc3N2C(=O)C(F)(F)F)ccc1O. The van der Waals surface area contributed by atoms with E-state index < -0.39 is 23.5 Å². The molecule has 2 aromatic rings. The topological polar surface area (TPSA) is 78.9 Å². The van der Waals surface area contributed by atoms with Crippen molar-refractivity contribution in [3.8, 4) is 11.5 Å². The summed E-state index contributed by atoms with van der Waals surface area (Å²) in [4.78, 5) is 26.9. The minimum atomic E-state index is -5.19. The highest BCUT2D eigenvalue weighted by Gasteiger charge is 2.50. The fourth-order valence-corrected chi connectivity index (χ4v) is 4.63. The van der Waals surface area contributed by atoms with Crippen molar-refractivity contribution in [2.45, 2.75) is 45.8 Å². The van der Waals surface area contributed by atoms with Crippen LogP contribution in [0.2, 0.25) is 0 Å². The summed E-state index contributed by atoms with van der Waals surface area (Å²) in [5, 5.41) is 13.3. The van der Waals surface area contributed by atoms with Crippen molar-refractivity contribution in [1.29, 1.82) is 0 Å². The van der Waals surface area contributed by atoms with Crippen molar-refractivity contribution in [1.82, 2.24) is 0 Å². The van der Waals surface area contributed by atoms with Crippen LogP contribution in [0.25, 0.3) is 0 Å². The van der Waals surface area contributed by atoms with Crippen LogP contribution in [0.4, 0.5) is 24.5 Å². The third-order valence-corrected chi connectivity index (χ3v) is 5.96. The maximum atomic E-state index is 13.9. The summed E-state index contributed by atoms with van der Waals surface area (Å²) in [7, 11) is 0. The molecule has 0 spiro atoms. The molecule has 2 aromatic carbocycles. The summed E-state index contributed by atoms with van der Waals surface area (Å²) in [5.74, 6) is -2.58. The smallest absolute Gasteiger partial charge is 0.471 e. The van der Waals surface area contributed by atoms with E-state index in [1.807, 2.05) is 13.8 Å². The molecule has 2 aliphatic rings. The van der Waals surface area contributed by atoms with Crippen molar-refractivity contribution in [2.75, 3.05) is 16.8 Å². The number of para-hydroxylation sites is 2. The van der Waals surface area contributed by atoms with Crippen LogP contribution in [0, 0.1) is 5.41 Å². The van der Waals surface area contributed by atoms with Gasteiger partial charge in [-0.15, -0.1) is 0 Å². The predicted molar refractivity (Wildman–Crippen MR) is 121 cm³/mol. The number of allylic oxidation sites excluding steroid dienone is 1. The Labute approximate surface area is 195 Å². The third kappa shape index (κ3) is 4.22. The Hall–Kier alpha value is -3.49. The molecule has 0 saturated carbocycles. The molecule has 1 heterocycles. The Bertz CT molecular complexity index is 1190. The van der Waals surface area contributed by atoms with Crippen LogP contribution in [-0.4, -0.2) is 29.6 Å². The first kappa shape index (κ1) is 23.7. The number of phenols is 1. The molecule has 0 unspecified atom stereocenters. The molecule has 0 aromatic heterocycles. The summed E-state index contributed by atoms with van der Waals surface area (Å²) in [6.07, 6.45) is -4.67. The van der Waals surface area contributed by atoms with Crippen LogP contribution in [0.3, 0.4) is 0 Å². The molecule has 4 rings (SSSR count). The molecular weight excluding hydrogens is 449 g/mol. The van der Waals surface area contributed by atoms with Gasteiger partial charge in [0.2, 0.25) is 0 Å². The number of alkyl halides is 3. The van der Waals surface area contributed by atoms with Gasteiger partial charge in [0.05, 0.1) is 24.0 Å². The number of nitrogens with one attached hydrogen (secondary N) is 1. The number of carbonyl (C=O) groups is 2. The van der Waals surface area contributed by atoms with E-state index in [-0.39, 0.29) is 47.1 Å². The fourth-order valence-electron chi connectivity index (χ4n) is 4.63. The van der Waals surface area contributed by atoms with Crippen molar-refractivity contribution < 1.29 is 32.6 Å². The Morgan fingerprint density at radius 1 is 1.21 bits per heavy atom. The number of rotatable bonds is 3. The number of aromatic hydroxyl groups is 1. The molecule has 0 bridgehead atoms. The van der Waals surface area contributed by atoms with E-state index >= 15 is 0 Å². The predicted octanol–water partition coefficient (Wildman–Crippen LogP) is 5.50. The second kappa shape index (κ2) is 8.38. The van der Waals surface area contributed by atoms with Gasteiger partial charge in [0.25, 0.3) is 0 Å². The van der Waals surface area contributed by atoms with E-state index in [1.54, 1.807) is 19.1 Å². The number of halogens is 3. The zero-order chi connectivity index (χ0) is 24.8. The molecule has 9 heteroatoms. The summed E-state index contributed by atoms with van der Waals surface area (Å²) < 4.78 is 47.1. The number of hydrogen-bond acceptors (Lipinski definition) is 5. The molecular formula is C25H25F3N2O4. The van der Waals surface area contributed by atoms with E-state index in [0.29, 0.717) is 22.7 Å². The Morgan fingerprint density at radius 3 is 2.59 bits per heavy atom. The van der Waals surface area contributed by atoms with E-state index in [1.165, 1.54) is 30.3 Å². The van der Waals surface area contributed by atoms with Crippen LogP contribution >= 0.6 is 0 Å².